The van der Waals surface area contributed by atoms with Crippen LogP contribution in [0.25, 0.3) is 10.9 Å². The van der Waals surface area contributed by atoms with Gasteiger partial charge in [-0.2, -0.15) is 0 Å². The molecule has 0 aliphatic carbocycles. The Balaban J connectivity index is 2.00. The Morgan fingerprint density at radius 2 is 1.96 bits per heavy atom. The minimum absolute atomic E-state index is 0.0428. The number of carbonyl (C=O) groups excluding carboxylic acids is 1. The molecule has 27 heavy (non-hydrogen) atoms. The maximum Gasteiger partial charge on any atom is 0.356 e. The van der Waals surface area contributed by atoms with Crippen LogP contribution in [0.4, 0.5) is 0 Å². The van der Waals surface area contributed by atoms with Gasteiger partial charge in [-0.1, -0.05) is 12.1 Å². The van der Waals surface area contributed by atoms with Gasteiger partial charge in [-0.15, -0.1) is 0 Å². The van der Waals surface area contributed by atoms with E-state index < -0.39 is 49.1 Å². The second-order valence-corrected chi connectivity index (χ2v) is 6.23. The Morgan fingerprint density at radius 3 is 2.59 bits per heavy atom. The number of rotatable bonds is 5. The molecule has 3 unspecified atom stereocenters. The largest absolute Gasteiger partial charge is 0.476 e. The number of carboxylic acids is 1. The zero-order valence-corrected chi connectivity index (χ0v) is 14.3. The summed E-state index contributed by atoms with van der Waals surface area (Å²) in [5.41, 5.74) is 0.276. The van der Waals surface area contributed by atoms with Gasteiger partial charge in [0.15, 0.2) is 11.4 Å². The molecule has 3 rings (SSSR count). The van der Waals surface area contributed by atoms with E-state index in [1.807, 2.05) is 0 Å². The molecule has 0 radical (unpaired) electrons. The summed E-state index contributed by atoms with van der Waals surface area (Å²) in [7, 11) is 0. The minimum Gasteiger partial charge on any atom is -0.476 e. The van der Waals surface area contributed by atoms with Crippen molar-refractivity contribution in [3.8, 4) is 5.75 Å². The number of fused-ring (bicyclic) bond motifs is 1. The number of hydrogen-bond acceptors (Lipinski definition) is 7. The molecule has 1 aliphatic rings. The fourth-order valence-electron chi connectivity index (χ4n) is 3.08. The predicted molar refractivity (Wildman–Crippen MR) is 91.3 cm³/mol. The number of ether oxygens (including phenoxy) is 2. The summed E-state index contributed by atoms with van der Waals surface area (Å²) in [5, 5.41) is 42.1. The van der Waals surface area contributed by atoms with Crippen molar-refractivity contribution in [3.63, 3.8) is 0 Å². The van der Waals surface area contributed by atoms with Gasteiger partial charge in [0.1, 0.15) is 24.4 Å². The van der Waals surface area contributed by atoms with Gasteiger partial charge in [-0.3, -0.25) is 4.79 Å². The van der Waals surface area contributed by atoms with E-state index >= 15 is 0 Å². The van der Waals surface area contributed by atoms with Crippen LogP contribution in [0.2, 0.25) is 0 Å². The van der Waals surface area contributed by atoms with Gasteiger partial charge in [0.25, 0.3) is 0 Å². The second kappa shape index (κ2) is 7.53. The Hall–Kier alpha value is -2.66. The first-order chi connectivity index (χ1) is 12.8. The van der Waals surface area contributed by atoms with E-state index in [-0.39, 0.29) is 11.4 Å². The monoisotopic (exact) mass is 380 g/mol. The van der Waals surface area contributed by atoms with E-state index in [2.05, 4.69) is 10.3 Å². The number of aliphatic hydroxyl groups is 3. The van der Waals surface area contributed by atoms with Crippen molar-refractivity contribution in [2.24, 2.45) is 0 Å². The van der Waals surface area contributed by atoms with Crippen LogP contribution in [-0.2, 0) is 9.53 Å². The molecule has 1 amide bonds. The van der Waals surface area contributed by atoms with Gasteiger partial charge in [0.2, 0.25) is 12.2 Å². The molecule has 10 nitrogen and oxygen atoms in total. The number of aromatic carboxylic acids is 1. The molecule has 1 fully saturated rings. The van der Waals surface area contributed by atoms with Crippen molar-refractivity contribution in [2.75, 3.05) is 6.61 Å². The van der Waals surface area contributed by atoms with Crippen molar-refractivity contribution < 1.29 is 39.5 Å². The van der Waals surface area contributed by atoms with Crippen molar-refractivity contribution in [2.45, 2.75) is 37.6 Å². The molecule has 1 aromatic carbocycles. The molecule has 1 aliphatic heterocycles. The van der Waals surface area contributed by atoms with Crippen LogP contribution in [0.5, 0.6) is 5.75 Å². The Bertz CT molecular complexity index is 851. The Kier molecular flexibility index (Phi) is 5.33. The third-order valence-electron chi connectivity index (χ3n) is 4.36. The quantitative estimate of drug-likeness (QED) is 0.392. The highest BCUT2D eigenvalue weighted by Crippen LogP contribution is 2.33. The zero-order valence-electron chi connectivity index (χ0n) is 14.3. The normalized spacial score (nSPS) is 28.1. The van der Waals surface area contributed by atoms with Crippen LogP contribution in [0, 0.1) is 0 Å². The van der Waals surface area contributed by atoms with Gasteiger partial charge >= 0.3 is 5.97 Å². The SMILES string of the molecule is CC(=O)NC1C(Oc2c(C(=O)O)[nH]c3ccccc23)OC(CO)[C@@H](O)[C@@H]1O. The summed E-state index contributed by atoms with van der Waals surface area (Å²) >= 11 is 0. The lowest BCUT2D eigenvalue weighted by Gasteiger charge is -2.42. The number of aromatic amines is 1. The molecule has 146 valence electrons. The van der Waals surface area contributed by atoms with Gasteiger partial charge in [0, 0.05) is 17.8 Å². The molecule has 0 saturated carbocycles. The molecule has 0 bridgehead atoms. The number of hydrogen-bond donors (Lipinski definition) is 6. The summed E-state index contributed by atoms with van der Waals surface area (Å²) in [5.74, 6) is -1.82. The number of carbonyl (C=O) groups is 2. The lowest BCUT2D eigenvalue weighted by atomic mass is 9.97. The molecule has 1 aromatic heterocycles. The molecule has 1 saturated heterocycles. The molecular formula is C17H20N2O8. The molecule has 6 N–H and O–H groups in total. The number of aliphatic hydroxyl groups excluding tert-OH is 3. The first-order valence-corrected chi connectivity index (χ1v) is 8.23. The van der Waals surface area contributed by atoms with Crippen LogP contribution < -0.4 is 10.1 Å². The molecule has 0 spiro atoms. The predicted octanol–water partition coefficient (Wildman–Crippen LogP) is -0.811. The Labute approximate surface area is 153 Å². The number of aromatic nitrogens is 1. The fourth-order valence-corrected chi connectivity index (χ4v) is 3.08. The summed E-state index contributed by atoms with van der Waals surface area (Å²) in [6.07, 6.45) is -5.48. The lowest BCUT2D eigenvalue weighted by Crippen LogP contribution is -2.65. The van der Waals surface area contributed by atoms with Crippen LogP contribution >= 0.6 is 0 Å². The second-order valence-electron chi connectivity index (χ2n) is 6.23. The first-order valence-electron chi connectivity index (χ1n) is 8.23. The van der Waals surface area contributed by atoms with E-state index in [9.17, 15) is 30.0 Å². The van der Waals surface area contributed by atoms with Crippen molar-refractivity contribution in [3.05, 3.63) is 30.0 Å². The zero-order chi connectivity index (χ0) is 19.7. The summed E-state index contributed by atoms with van der Waals surface area (Å²) in [4.78, 5) is 25.8. The molecule has 2 aromatic rings. The highest BCUT2D eigenvalue weighted by Gasteiger charge is 2.46. The number of para-hydroxylation sites is 1. The summed E-state index contributed by atoms with van der Waals surface area (Å²) in [6, 6.07) is 5.52. The van der Waals surface area contributed by atoms with E-state index in [1.165, 1.54) is 6.92 Å². The van der Waals surface area contributed by atoms with E-state index in [1.54, 1.807) is 24.3 Å². The van der Waals surface area contributed by atoms with Crippen molar-refractivity contribution in [1.29, 1.82) is 0 Å². The fraction of sp³-hybridized carbons (Fsp3) is 0.412. The Morgan fingerprint density at radius 1 is 1.26 bits per heavy atom. The lowest BCUT2D eigenvalue weighted by molar-refractivity contribution is -0.244. The number of amides is 1. The standard InChI is InChI=1S/C17H20N2O8/c1-7(21)18-11-14(23)13(22)10(6-20)26-17(11)27-15-8-4-2-3-5-9(8)19-12(15)16(24)25/h2-5,10-11,13-14,17,19-20,22-23H,6H2,1H3,(H,18,21)(H,24,25)/t10?,11?,13-,14-,17?/m1/s1. The number of nitrogens with one attached hydrogen (secondary N) is 2. The van der Waals surface area contributed by atoms with E-state index in [0.717, 1.165) is 0 Å². The van der Waals surface area contributed by atoms with E-state index in [4.69, 9.17) is 9.47 Å². The summed E-state index contributed by atoms with van der Waals surface area (Å²) in [6.45, 7) is 0.604. The smallest absolute Gasteiger partial charge is 0.356 e. The topological polar surface area (TPSA) is 161 Å². The van der Waals surface area contributed by atoms with Gasteiger partial charge in [-0.25, -0.2) is 4.79 Å². The van der Waals surface area contributed by atoms with Crippen molar-refractivity contribution >= 4 is 22.8 Å². The maximum atomic E-state index is 11.6. The number of carboxylic acid groups (broad SMARTS) is 1. The van der Waals surface area contributed by atoms with Gasteiger partial charge in [0.05, 0.1) is 6.61 Å². The van der Waals surface area contributed by atoms with Gasteiger partial charge in [-0.05, 0) is 12.1 Å². The molecular weight excluding hydrogens is 360 g/mol. The summed E-state index contributed by atoms with van der Waals surface area (Å²) < 4.78 is 11.2. The van der Waals surface area contributed by atoms with Gasteiger partial charge < -0.3 is 40.2 Å². The molecule has 2 heterocycles. The third-order valence-corrected chi connectivity index (χ3v) is 4.36. The highest BCUT2D eigenvalue weighted by atomic mass is 16.7. The van der Waals surface area contributed by atoms with E-state index in [0.29, 0.717) is 10.9 Å². The van der Waals surface area contributed by atoms with Crippen LogP contribution in [-0.4, -0.2) is 74.5 Å². The number of benzene rings is 1. The average Bonchev–Trinajstić information content (AvgIpc) is 3.00. The van der Waals surface area contributed by atoms with Crippen LogP contribution in [0.15, 0.2) is 24.3 Å². The minimum atomic E-state index is -1.50. The van der Waals surface area contributed by atoms with Crippen LogP contribution in [0.1, 0.15) is 17.4 Å². The average molecular weight is 380 g/mol. The van der Waals surface area contributed by atoms with Crippen LogP contribution in [0.3, 0.4) is 0 Å². The van der Waals surface area contributed by atoms with Crippen molar-refractivity contribution in [1.82, 2.24) is 10.3 Å². The third kappa shape index (κ3) is 3.60. The molecule has 10 heteroatoms. The first kappa shape index (κ1) is 19.1. The number of H-pyrrole nitrogens is 1. The maximum absolute atomic E-state index is 11.6. The molecule has 5 atom stereocenters. The highest BCUT2D eigenvalue weighted by molar-refractivity contribution is 6.00.